The predicted molar refractivity (Wildman–Crippen MR) is 123 cm³/mol. The Balaban J connectivity index is 1.78. The maximum atomic E-state index is 13.2. The minimum absolute atomic E-state index is 0.000932. The molecular weight excluding hydrogens is 394 g/mol. The Morgan fingerprint density at radius 1 is 1.03 bits per heavy atom. The summed E-state index contributed by atoms with van der Waals surface area (Å²) in [6.45, 7) is 4.15. The van der Waals surface area contributed by atoms with E-state index in [-0.39, 0.29) is 5.56 Å². The first-order valence-electron chi connectivity index (χ1n) is 10.4. The van der Waals surface area contributed by atoms with Crippen LogP contribution in [0, 0.1) is 4.77 Å². The first-order chi connectivity index (χ1) is 14.6. The third-order valence-corrected chi connectivity index (χ3v) is 5.73. The van der Waals surface area contributed by atoms with Crippen LogP contribution in [0.15, 0.2) is 59.4 Å². The monoisotopic (exact) mass is 421 g/mol. The van der Waals surface area contributed by atoms with Crippen LogP contribution in [0.25, 0.3) is 16.7 Å². The van der Waals surface area contributed by atoms with E-state index >= 15 is 0 Å². The van der Waals surface area contributed by atoms with Crippen LogP contribution < -0.4 is 5.56 Å². The van der Waals surface area contributed by atoms with Crippen molar-refractivity contribution in [3.05, 3.63) is 75.3 Å². The molecule has 0 N–H and O–H groups in total. The topological polar surface area (TPSA) is 47.5 Å². The van der Waals surface area contributed by atoms with Gasteiger partial charge in [0.2, 0.25) is 10.5 Å². The maximum absolute atomic E-state index is 13.2. The molecule has 30 heavy (non-hydrogen) atoms. The minimum Gasteiger partial charge on any atom is -0.283 e. The van der Waals surface area contributed by atoms with Crippen molar-refractivity contribution in [1.29, 1.82) is 0 Å². The fraction of sp³-hybridized carbons (Fsp3) is 0.348. The van der Waals surface area contributed by atoms with Crippen LogP contribution in [0.5, 0.6) is 0 Å². The van der Waals surface area contributed by atoms with Crippen molar-refractivity contribution in [2.45, 2.75) is 45.9 Å². The van der Waals surface area contributed by atoms with Gasteiger partial charge >= 0.3 is 0 Å². The summed E-state index contributed by atoms with van der Waals surface area (Å²) in [6.07, 6.45) is 3.12. The molecule has 156 valence electrons. The quantitative estimate of drug-likeness (QED) is 0.311. The Bertz CT molecular complexity index is 1270. The number of benzene rings is 2. The summed E-state index contributed by atoms with van der Waals surface area (Å²) >= 11 is 5.80. The van der Waals surface area contributed by atoms with Crippen molar-refractivity contribution in [2.75, 3.05) is 7.05 Å². The van der Waals surface area contributed by atoms with E-state index in [1.165, 1.54) is 5.56 Å². The lowest BCUT2D eigenvalue weighted by molar-refractivity contribution is 0.244. The summed E-state index contributed by atoms with van der Waals surface area (Å²) < 4.78 is 6.14. The molecule has 7 heteroatoms. The maximum Gasteiger partial charge on any atom is 0.262 e. The van der Waals surface area contributed by atoms with Crippen molar-refractivity contribution in [3.8, 4) is 0 Å². The Kier molecular flexibility index (Phi) is 6.11. The van der Waals surface area contributed by atoms with E-state index in [0.29, 0.717) is 29.1 Å². The second kappa shape index (κ2) is 8.93. The van der Waals surface area contributed by atoms with Crippen molar-refractivity contribution >= 4 is 28.9 Å². The molecule has 0 radical (unpaired) electrons. The van der Waals surface area contributed by atoms with E-state index in [2.05, 4.69) is 24.0 Å². The van der Waals surface area contributed by atoms with Crippen molar-refractivity contribution in [3.63, 3.8) is 0 Å². The third kappa shape index (κ3) is 3.95. The van der Waals surface area contributed by atoms with Gasteiger partial charge in [-0.1, -0.05) is 62.2 Å². The van der Waals surface area contributed by atoms with Gasteiger partial charge in [0.15, 0.2) is 0 Å². The number of hydrogen-bond donors (Lipinski definition) is 0. The number of rotatable bonds is 8. The fourth-order valence-corrected chi connectivity index (χ4v) is 4.13. The molecule has 0 aliphatic carbocycles. The van der Waals surface area contributed by atoms with Crippen LogP contribution in [0.4, 0.5) is 0 Å². The zero-order chi connectivity index (χ0) is 21.1. The summed E-state index contributed by atoms with van der Waals surface area (Å²) in [5.74, 6) is 0.618. The van der Waals surface area contributed by atoms with Gasteiger partial charge in [0.05, 0.1) is 17.6 Å². The first-order valence-corrected chi connectivity index (χ1v) is 10.8. The van der Waals surface area contributed by atoms with E-state index in [4.69, 9.17) is 17.3 Å². The van der Waals surface area contributed by atoms with Gasteiger partial charge in [0.1, 0.15) is 0 Å². The molecule has 2 aromatic heterocycles. The van der Waals surface area contributed by atoms with Gasteiger partial charge in [-0.3, -0.25) is 18.7 Å². The number of aromatic nitrogens is 4. The molecule has 2 heterocycles. The average molecular weight is 422 g/mol. The molecule has 0 unspecified atom stereocenters. The second-order valence-electron chi connectivity index (χ2n) is 7.74. The SMILES string of the molecule is CCCCCn1c(=O)c2ccccc2n2c(=S)n(CN(C)Cc3ccccc3)nc12. The fourth-order valence-electron chi connectivity index (χ4n) is 3.85. The molecule has 2 aromatic carbocycles. The Morgan fingerprint density at radius 3 is 2.53 bits per heavy atom. The summed E-state index contributed by atoms with van der Waals surface area (Å²) in [5, 5.41) is 5.46. The molecule has 0 atom stereocenters. The molecule has 0 amide bonds. The third-order valence-electron chi connectivity index (χ3n) is 5.34. The highest BCUT2D eigenvalue weighted by Crippen LogP contribution is 2.15. The molecule has 4 rings (SSSR count). The molecule has 4 aromatic rings. The van der Waals surface area contributed by atoms with E-state index in [9.17, 15) is 4.79 Å². The highest BCUT2D eigenvalue weighted by Gasteiger charge is 2.16. The largest absolute Gasteiger partial charge is 0.283 e. The molecule has 0 saturated heterocycles. The van der Waals surface area contributed by atoms with Crippen LogP contribution >= 0.6 is 12.2 Å². The summed E-state index contributed by atoms with van der Waals surface area (Å²) in [6, 6.07) is 18.0. The Labute approximate surface area is 181 Å². The van der Waals surface area contributed by atoms with Crippen molar-refractivity contribution in [2.24, 2.45) is 0 Å². The van der Waals surface area contributed by atoms with Gasteiger partial charge in [-0.05, 0) is 43.4 Å². The average Bonchev–Trinajstić information content (AvgIpc) is 3.07. The van der Waals surface area contributed by atoms with Crippen molar-refractivity contribution in [1.82, 2.24) is 23.6 Å². The van der Waals surface area contributed by atoms with Gasteiger partial charge in [-0.15, -0.1) is 5.10 Å². The molecule has 6 nitrogen and oxygen atoms in total. The lowest BCUT2D eigenvalue weighted by Gasteiger charge is -2.16. The Morgan fingerprint density at radius 2 is 1.77 bits per heavy atom. The zero-order valence-corrected chi connectivity index (χ0v) is 18.3. The van der Waals surface area contributed by atoms with Crippen LogP contribution in [-0.4, -0.2) is 30.7 Å². The summed E-state index contributed by atoms with van der Waals surface area (Å²) in [7, 11) is 2.05. The number of para-hydroxylation sites is 1. The highest BCUT2D eigenvalue weighted by atomic mass is 32.1. The van der Waals surface area contributed by atoms with Crippen LogP contribution in [0.3, 0.4) is 0 Å². The summed E-state index contributed by atoms with van der Waals surface area (Å²) in [5.41, 5.74) is 2.04. The van der Waals surface area contributed by atoms with Gasteiger partial charge in [0, 0.05) is 13.1 Å². The lowest BCUT2D eigenvalue weighted by Crippen LogP contribution is -2.24. The highest BCUT2D eigenvalue weighted by molar-refractivity contribution is 7.71. The smallest absolute Gasteiger partial charge is 0.262 e. The lowest BCUT2D eigenvalue weighted by atomic mass is 10.2. The summed E-state index contributed by atoms with van der Waals surface area (Å²) in [4.78, 5) is 15.3. The molecule has 0 aliphatic rings. The minimum atomic E-state index is -0.000932. The van der Waals surface area contributed by atoms with Gasteiger partial charge in [-0.2, -0.15) is 0 Å². The molecule has 0 spiro atoms. The number of aryl methyl sites for hydroxylation is 1. The predicted octanol–water partition coefficient (Wildman–Crippen LogP) is 4.46. The molecule has 0 fully saturated rings. The van der Waals surface area contributed by atoms with Crippen LogP contribution in [0.1, 0.15) is 31.7 Å². The number of nitrogens with zero attached hydrogens (tertiary/aromatic N) is 5. The number of hydrogen-bond acceptors (Lipinski definition) is 4. The van der Waals surface area contributed by atoms with Crippen LogP contribution in [0.2, 0.25) is 0 Å². The van der Waals surface area contributed by atoms with E-state index in [1.807, 2.05) is 58.6 Å². The number of unbranched alkanes of at least 4 members (excludes halogenated alkanes) is 2. The zero-order valence-electron chi connectivity index (χ0n) is 17.5. The number of fused-ring (bicyclic) bond motifs is 3. The molecule has 0 saturated carbocycles. The van der Waals surface area contributed by atoms with E-state index in [0.717, 1.165) is 31.3 Å². The van der Waals surface area contributed by atoms with Crippen LogP contribution in [-0.2, 0) is 19.8 Å². The second-order valence-corrected chi connectivity index (χ2v) is 8.10. The van der Waals surface area contributed by atoms with Crippen molar-refractivity contribution < 1.29 is 0 Å². The van der Waals surface area contributed by atoms with Gasteiger partial charge in [0.25, 0.3) is 5.56 Å². The Hall–Kier alpha value is -2.77. The van der Waals surface area contributed by atoms with Gasteiger partial charge < -0.3 is 0 Å². The normalized spacial score (nSPS) is 11.7. The van der Waals surface area contributed by atoms with Gasteiger partial charge in [-0.25, -0.2) is 4.68 Å². The first kappa shape index (κ1) is 20.5. The standard InChI is InChI=1S/C23H27N5OS/c1-3-4-10-15-26-21(29)19-13-8-9-14-20(19)28-22(26)24-27(23(28)30)17-25(2)16-18-11-6-5-7-12-18/h5-9,11-14H,3-4,10,15-17H2,1-2H3. The molecule has 0 aliphatic heterocycles. The molecule has 0 bridgehead atoms. The van der Waals surface area contributed by atoms with E-state index in [1.54, 1.807) is 4.57 Å². The van der Waals surface area contributed by atoms with E-state index < -0.39 is 0 Å². The molecular formula is C23H27N5OS.